The molecule has 2 unspecified atom stereocenters. The zero-order valence-corrected chi connectivity index (χ0v) is 10.4. The normalized spacial score (nSPS) is 15.5. The molecule has 2 N–H and O–H groups in total. The Morgan fingerprint density at radius 3 is 2.27 bits per heavy atom. The van der Waals surface area contributed by atoms with Crippen LogP contribution in [0.25, 0.3) is 0 Å². The number of carbonyl (C=O) groups is 1. The largest absolute Gasteiger partial charge is 0.391 e. The maximum Gasteiger partial charge on any atom is 0.237 e. The highest BCUT2D eigenvalue weighted by atomic mass is 16.3. The third-order valence-electron chi connectivity index (χ3n) is 2.57. The molecule has 0 aliphatic rings. The van der Waals surface area contributed by atoms with E-state index in [1.807, 2.05) is 39.8 Å². The van der Waals surface area contributed by atoms with E-state index in [0.29, 0.717) is 6.54 Å². The first-order chi connectivity index (χ1) is 6.90. The fourth-order valence-electron chi connectivity index (χ4n) is 1.34. The number of amides is 1. The first-order valence-electron chi connectivity index (χ1n) is 5.52. The highest BCUT2D eigenvalue weighted by Gasteiger charge is 2.19. The Bertz CT molecular complexity index is 193. The summed E-state index contributed by atoms with van der Waals surface area (Å²) in [5.41, 5.74) is 0. The van der Waals surface area contributed by atoms with Crippen molar-refractivity contribution >= 4 is 5.91 Å². The summed E-state index contributed by atoms with van der Waals surface area (Å²) in [4.78, 5) is 13.6. The van der Waals surface area contributed by atoms with E-state index in [1.54, 1.807) is 0 Å². The highest BCUT2D eigenvalue weighted by Crippen LogP contribution is 2.01. The van der Waals surface area contributed by atoms with Crippen LogP contribution in [-0.2, 0) is 4.79 Å². The summed E-state index contributed by atoms with van der Waals surface area (Å²) in [6, 6.07) is -0.107. The van der Waals surface area contributed by atoms with E-state index >= 15 is 0 Å². The van der Waals surface area contributed by atoms with Crippen LogP contribution in [0.5, 0.6) is 0 Å². The second kappa shape index (κ2) is 6.80. The number of carbonyl (C=O) groups excluding carboxylic acids is 1. The van der Waals surface area contributed by atoms with Gasteiger partial charge in [-0.15, -0.1) is 0 Å². The first kappa shape index (κ1) is 14.4. The standard InChI is InChI=1S/C11H24N2O2/c1-6-9(13(4)5)11(15)12-7-10(14)8(2)3/h8-10,14H,6-7H2,1-5H3,(H,12,15). The Labute approximate surface area is 92.7 Å². The van der Waals surface area contributed by atoms with Crippen LogP contribution < -0.4 is 5.32 Å². The van der Waals surface area contributed by atoms with Gasteiger partial charge in [0, 0.05) is 6.54 Å². The second-order valence-corrected chi connectivity index (χ2v) is 4.44. The summed E-state index contributed by atoms with van der Waals surface area (Å²) < 4.78 is 0. The van der Waals surface area contributed by atoms with Crippen molar-refractivity contribution in [3.63, 3.8) is 0 Å². The molecule has 0 aliphatic heterocycles. The molecule has 1 amide bonds. The molecule has 90 valence electrons. The maximum atomic E-state index is 11.7. The van der Waals surface area contributed by atoms with Gasteiger partial charge in [0.05, 0.1) is 12.1 Å². The lowest BCUT2D eigenvalue weighted by molar-refractivity contribution is -0.126. The van der Waals surface area contributed by atoms with Crippen LogP contribution in [0.2, 0.25) is 0 Å². The Hall–Kier alpha value is -0.610. The van der Waals surface area contributed by atoms with Gasteiger partial charge in [-0.2, -0.15) is 0 Å². The predicted molar refractivity (Wildman–Crippen MR) is 61.6 cm³/mol. The van der Waals surface area contributed by atoms with Crippen molar-refractivity contribution in [2.75, 3.05) is 20.6 Å². The van der Waals surface area contributed by atoms with Crippen LogP contribution in [-0.4, -0.2) is 48.7 Å². The van der Waals surface area contributed by atoms with Crippen molar-refractivity contribution in [2.24, 2.45) is 5.92 Å². The number of hydrogen-bond acceptors (Lipinski definition) is 3. The number of nitrogens with zero attached hydrogens (tertiary/aromatic N) is 1. The number of likely N-dealkylation sites (N-methyl/N-ethyl adjacent to an activating group) is 1. The number of nitrogens with one attached hydrogen (secondary N) is 1. The van der Waals surface area contributed by atoms with E-state index in [0.717, 1.165) is 6.42 Å². The van der Waals surface area contributed by atoms with Crippen molar-refractivity contribution in [2.45, 2.75) is 39.3 Å². The van der Waals surface area contributed by atoms with Crippen molar-refractivity contribution < 1.29 is 9.90 Å². The molecule has 0 bridgehead atoms. The molecule has 4 heteroatoms. The smallest absolute Gasteiger partial charge is 0.237 e. The first-order valence-corrected chi connectivity index (χ1v) is 5.52. The van der Waals surface area contributed by atoms with Crippen LogP contribution in [0, 0.1) is 5.92 Å². The van der Waals surface area contributed by atoms with E-state index in [-0.39, 0.29) is 17.9 Å². The lowest BCUT2D eigenvalue weighted by Crippen LogP contribution is -2.46. The summed E-state index contributed by atoms with van der Waals surface area (Å²) >= 11 is 0. The van der Waals surface area contributed by atoms with Crippen LogP contribution >= 0.6 is 0 Å². The molecule has 0 saturated heterocycles. The molecule has 0 saturated carbocycles. The van der Waals surface area contributed by atoms with Gasteiger partial charge in [-0.05, 0) is 26.4 Å². The number of hydrogen-bond donors (Lipinski definition) is 2. The Morgan fingerprint density at radius 1 is 1.40 bits per heavy atom. The molecular weight excluding hydrogens is 192 g/mol. The minimum atomic E-state index is -0.464. The average Bonchev–Trinajstić information content (AvgIpc) is 2.14. The van der Waals surface area contributed by atoms with E-state index in [4.69, 9.17) is 0 Å². The van der Waals surface area contributed by atoms with Gasteiger partial charge in [-0.25, -0.2) is 0 Å². The molecule has 0 fully saturated rings. The van der Waals surface area contributed by atoms with Gasteiger partial charge in [0.1, 0.15) is 0 Å². The fraction of sp³-hybridized carbons (Fsp3) is 0.909. The van der Waals surface area contributed by atoms with Gasteiger partial charge in [0.2, 0.25) is 5.91 Å². The highest BCUT2D eigenvalue weighted by molar-refractivity contribution is 5.81. The third-order valence-corrected chi connectivity index (χ3v) is 2.57. The van der Waals surface area contributed by atoms with Crippen molar-refractivity contribution in [3.8, 4) is 0 Å². The van der Waals surface area contributed by atoms with Gasteiger partial charge in [0.25, 0.3) is 0 Å². The fourth-order valence-corrected chi connectivity index (χ4v) is 1.34. The third kappa shape index (κ3) is 5.14. The van der Waals surface area contributed by atoms with Gasteiger partial charge in [-0.1, -0.05) is 20.8 Å². The molecule has 4 nitrogen and oxygen atoms in total. The Morgan fingerprint density at radius 2 is 1.93 bits per heavy atom. The van der Waals surface area contributed by atoms with Crippen molar-refractivity contribution in [3.05, 3.63) is 0 Å². The zero-order chi connectivity index (χ0) is 12.0. The predicted octanol–water partition coefficient (Wildman–Crippen LogP) is 0.460. The van der Waals surface area contributed by atoms with E-state index in [2.05, 4.69) is 5.32 Å². The molecule has 0 heterocycles. The average molecular weight is 216 g/mol. The molecule has 0 rings (SSSR count). The molecule has 0 aromatic carbocycles. The number of aliphatic hydroxyl groups is 1. The summed E-state index contributed by atoms with van der Waals surface area (Å²) in [5, 5.41) is 12.3. The molecule has 0 aliphatic carbocycles. The molecule has 0 aromatic rings. The van der Waals surface area contributed by atoms with Crippen molar-refractivity contribution in [1.29, 1.82) is 0 Å². The van der Waals surface area contributed by atoms with Gasteiger partial charge in [-0.3, -0.25) is 9.69 Å². The van der Waals surface area contributed by atoms with Crippen LogP contribution in [0.1, 0.15) is 27.2 Å². The summed E-state index contributed by atoms with van der Waals surface area (Å²) in [6.07, 6.45) is 0.310. The number of aliphatic hydroxyl groups excluding tert-OH is 1. The van der Waals surface area contributed by atoms with Gasteiger partial charge in [0.15, 0.2) is 0 Å². The van der Waals surface area contributed by atoms with Gasteiger partial charge < -0.3 is 10.4 Å². The summed E-state index contributed by atoms with van der Waals surface area (Å²) in [7, 11) is 3.76. The Balaban J connectivity index is 4.02. The molecule has 2 atom stereocenters. The van der Waals surface area contributed by atoms with E-state index < -0.39 is 6.10 Å². The lowest BCUT2D eigenvalue weighted by atomic mass is 10.1. The van der Waals surface area contributed by atoms with Crippen molar-refractivity contribution in [1.82, 2.24) is 10.2 Å². The Kier molecular flexibility index (Phi) is 6.52. The molecular formula is C11H24N2O2. The molecule has 0 radical (unpaired) electrons. The van der Waals surface area contributed by atoms with Crippen LogP contribution in [0.15, 0.2) is 0 Å². The van der Waals surface area contributed by atoms with Crippen LogP contribution in [0.4, 0.5) is 0 Å². The lowest BCUT2D eigenvalue weighted by Gasteiger charge is -2.23. The zero-order valence-electron chi connectivity index (χ0n) is 10.4. The van der Waals surface area contributed by atoms with E-state index in [9.17, 15) is 9.90 Å². The van der Waals surface area contributed by atoms with Crippen LogP contribution in [0.3, 0.4) is 0 Å². The summed E-state index contributed by atoms with van der Waals surface area (Å²) in [5.74, 6) is 0.159. The summed E-state index contributed by atoms with van der Waals surface area (Å²) in [6.45, 7) is 6.17. The monoisotopic (exact) mass is 216 g/mol. The quantitative estimate of drug-likeness (QED) is 0.678. The second-order valence-electron chi connectivity index (χ2n) is 4.44. The minimum Gasteiger partial charge on any atom is -0.391 e. The number of rotatable bonds is 6. The topological polar surface area (TPSA) is 52.6 Å². The van der Waals surface area contributed by atoms with Gasteiger partial charge >= 0.3 is 0 Å². The molecule has 0 aromatic heterocycles. The molecule has 15 heavy (non-hydrogen) atoms. The van der Waals surface area contributed by atoms with E-state index in [1.165, 1.54) is 0 Å². The maximum absolute atomic E-state index is 11.7. The molecule has 0 spiro atoms. The minimum absolute atomic E-state index is 0.0119. The SMILES string of the molecule is CCC(C(=O)NCC(O)C(C)C)N(C)C.